The molecule has 0 spiro atoms. The number of benzene rings is 2. The number of aliphatic hydroxyl groups is 1. The maximum absolute atomic E-state index is 12.9. The summed E-state index contributed by atoms with van der Waals surface area (Å²) in [6.07, 6.45) is -8.74. The highest BCUT2D eigenvalue weighted by atomic mass is 19.4. The van der Waals surface area contributed by atoms with E-state index in [9.17, 15) is 36.2 Å². The van der Waals surface area contributed by atoms with Crippen molar-refractivity contribution in [2.24, 2.45) is 0 Å². The second-order valence-corrected chi connectivity index (χ2v) is 7.31. The van der Waals surface area contributed by atoms with E-state index in [0.717, 1.165) is 11.1 Å². The van der Waals surface area contributed by atoms with Crippen LogP contribution in [0.5, 0.6) is 5.75 Å². The van der Waals surface area contributed by atoms with Crippen molar-refractivity contribution in [3.63, 3.8) is 0 Å². The molecule has 0 heterocycles. The Morgan fingerprint density at radius 3 is 2.34 bits per heavy atom. The molecule has 2 amide bonds. The number of urea groups is 1. The van der Waals surface area contributed by atoms with E-state index in [2.05, 4.69) is 10.6 Å². The molecule has 11 heteroatoms. The molecule has 1 unspecified atom stereocenters. The van der Waals surface area contributed by atoms with Crippen LogP contribution in [0, 0.1) is 0 Å². The van der Waals surface area contributed by atoms with Gasteiger partial charge in [0.25, 0.3) is 0 Å². The highest BCUT2D eigenvalue weighted by Crippen LogP contribution is 2.38. The third-order valence-corrected chi connectivity index (χ3v) is 4.93. The molecule has 3 N–H and O–H groups in total. The Labute approximate surface area is 179 Å². The lowest BCUT2D eigenvalue weighted by molar-refractivity contribution is -0.143. The molecule has 2 aromatic carbocycles. The van der Waals surface area contributed by atoms with Crippen LogP contribution in [0.2, 0.25) is 0 Å². The molecule has 174 valence electrons. The van der Waals surface area contributed by atoms with Gasteiger partial charge in [0.1, 0.15) is 12.4 Å². The summed E-state index contributed by atoms with van der Waals surface area (Å²) in [6.45, 7) is -0.515. The first-order chi connectivity index (χ1) is 14.9. The minimum Gasteiger partial charge on any atom is -0.492 e. The average Bonchev–Trinajstić information content (AvgIpc) is 2.70. The van der Waals surface area contributed by atoms with Crippen LogP contribution in [0.25, 0.3) is 0 Å². The lowest BCUT2D eigenvalue weighted by atomic mass is 9.88. The quantitative estimate of drug-likeness (QED) is 0.443. The summed E-state index contributed by atoms with van der Waals surface area (Å²) in [5.74, 6) is -0.611. The zero-order valence-corrected chi connectivity index (χ0v) is 16.6. The number of aliphatic hydroxyl groups excluding tert-OH is 1. The summed E-state index contributed by atoms with van der Waals surface area (Å²) in [5, 5.41) is 14.9. The van der Waals surface area contributed by atoms with E-state index in [0.29, 0.717) is 37.1 Å². The number of halogens is 6. The van der Waals surface area contributed by atoms with E-state index >= 15 is 0 Å². The Kier molecular flexibility index (Phi) is 6.87. The average molecular weight is 462 g/mol. The molecule has 0 fully saturated rings. The Bertz CT molecular complexity index is 943. The van der Waals surface area contributed by atoms with Gasteiger partial charge in [0, 0.05) is 12.1 Å². The molecule has 0 saturated heterocycles. The van der Waals surface area contributed by atoms with Gasteiger partial charge < -0.3 is 20.5 Å². The Balaban J connectivity index is 1.57. The lowest BCUT2D eigenvalue weighted by Gasteiger charge is -2.23. The van der Waals surface area contributed by atoms with Gasteiger partial charge in [-0.25, -0.2) is 4.79 Å². The first-order valence-electron chi connectivity index (χ1n) is 9.69. The summed E-state index contributed by atoms with van der Waals surface area (Å²) in [7, 11) is 0. The number of anilines is 1. The van der Waals surface area contributed by atoms with Crippen molar-refractivity contribution in [2.75, 3.05) is 18.5 Å². The van der Waals surface area contributed by atoms with Crippen molar-refractivity contribution in [2.45, 2.75) is 37.7 Å². The Morgan fingerprint density at radius 2 is 1.72 bits per heavy atom. The topological polar surface area (TPSA) is 70.6 Å². The van der Waals surface area contributed by atoms with E-state index in [1.54, 1.807) is 12.1 Å². The maximum Gasteiger partial charge on any atom is 0.416 e. The largest absolute Gasteiger partial charge is 0.492 e. The molecule has 0 saturated carbocycles. The first-order valence-corrected chi connectivity index (χ1v) is 9.69. The molecule has 3 rings (SSSR count). The molecular weight excluding hydrogens is 442 g/mol. The van der Waals surface area contributed by atoms with Gasteiger partial charge in [-0.2, -0.15) is 26.3 Å². The van der Waals surface area contributed by atoms with Crippen LogP contribution in [-0.4, -0.2) is 30.4 Å². The number of rotatable bonds is 5. The number of carbonyl (C=O) groups excluding carboxylic acids is 1. The molecule has 0 bridgehead atoms. The smallest absolute Gasteiger partial charge is 0.416 e. The fourth-order valence-electron chi connectivity index (χ4n) is 3.40. The van der Waals surface area contributed by atoms with Crippen molar-refractivity contribution >= 4 is 11.7 Å². The number of hydrogen-bond donors (Lipinski definition) is 3. The molecule has 1 aliphatic rings. The number of carbonyl (C=O) groups is 1. The number of ether oxygens (including phenoxy) is 1. The highest BCUT2D eigenvalue weighted by molar-refractivity contribution is 5.90. The molecule has 5 nitrogen and oxygen atoms in total. The van der Waals surface area contributed by atoms with Gasteiger partial charge in [-0.3, -0.25) is 0 Å². The Morgan fingerprint density at radius 1 is 1.06 bits per heavy atom. The fourth-order valence-corrected chi connectivity index (χ4v) is 3.40. The van der Waals surface area contributed by atoms with E-state index in [1.165, 1.54) is 0 Å². The second-order valence-electron chi connectivity index (χ2n) is 7.31. The summed E-state index contributed by atoms with van der Waals surface area (Å²) < 4.78 is 82.3. The first kappa shape index (κ1) is 23.7. The number of aryl methyl sites for hydroxylation is 1. The summed E-state index contributed by atoms with van der Waals surface area (Å²) in [6, 6.07) is 5.67. The summed E-state index contributed by atoms with van der Waals surface area (Å²) in [5.41, 5.74) is -0.608. The van der Waals surface area contributed by atoms with Gasteiger partial charge in [-0.15, -0.1) is 0 Å². The van der Waals surface area contributed by atoms with Gasteiger partial charge in [-0.05, 0) is 48.2 Å². The Hall–Kier alpha value is -2.95. The minimum atomic E-state index is -4.97. The standard InChI is InChI=1S/C21H20F6N2O3/c22-20(23,24)13-8-14(21(25,26)27)10-16(9-13)32-7-6-28-19(31)29-18-3-1-2-12-4-5-15(30)11-17(12)18/h1-3,8-10,15,30H,4-7,11H2,(H2,28,29,31). The number of fused-ring (bicyclic) bond motifs is 1. The van der Waals surface area contributed by atoms with Crippen LogP contribution in [0.15, 0.2) is 36.4 Å². The zero-order valence-electron chi connectivity index (χ0n) is 16.6. The third-order valence-electron chi connectivity index (χ3n) is 4.93. The van der Waals surface area contributed by atoms with E-state index in [4.69, 9.17) is 4.74 Å². The number of alkyl halides is 6. The van der Waals surface area contributed by atoms with Crippen molar-refractivity contribution in [3.8, 4) is 5.75 Å². The van der Waals surface area contributed by atoms with Gasteiger partial charge in [0.2, 0.25) is 0 Å². The number of amides is 2. The molecule has 0 radical (unpaired) electrons. The predicted molar refractivity (Wildman–Crippen MR) is 103 cm³/mol. The fraction of sp³-hybridized carbons (Fsp3) is 0.381. The monoisotopic (exact) mass is 462 g/mol. The van der Waals surface area contributed by atoms with Gasteiger partial charge in [0.05, 0.1) is 23.8 Å². The van der Waals surface area contributed by atoms with Gasteiger partial charge in [-0.1, -0.05) is 12.1 Å². The second kappa shape index (κ2) is 9.27. The van der Waals surface area contributed by atoms with Crippen LogP contribution in [-0.2, 0) is 25.2 Å². The van der Waals surface area contributed by atoms with Gasteiger partial charge >= 0.3 is 18.4 Å². The number of nitrogens with one attached hydrogen (secondary N) is 2. The maximum atomic E-state index is 12.9. The van der Waals surface area contributed by atoms with Crippen molar-refractivity contribution in [1.29, 1.82) is 0 Å². The van der Waals surface area contributed by atoms with E-state index in [-0.39, 0.29) is 19.2 Å². The summed E-state index contributed by atoms with van der Waals surface area (Å²) >= 11 is 0. The van der Waals surface area contributed by atoms with Crippen LogP contribution in [0.4, 0.5) is 36.8 Å². The summed E-state index contributed by atoms with van der Waals surface area (Å²) in [4.78, 5) is 12.1. The molecular formula is C21H20F6N2O3. The van der Waals surface area contributed by atoms with Crippen molar-refractivity contribution < 1.29 is 41.0 Å². The SMILES string of the molecule is O=C(NCCOc1cc(C(F)(F)F)cc(C(F)(F)F)c1)Nc1cccc2c1CC(O)CC2. The van der Waals surface area contributed by atoms with Crippen LogP contribution in [0.1, 0.15) is 28.7 Å². The highest BCUT2D eigenvalue weighted by Gasteiger charge is 2.37. The molecule has 32 heavy (non-hydrogen) atoms. The van der Waals surface area contributed by atoms with Crippen molar-refractivity contribution in [3.05, 3.63) is 58.7 Å². The molecule has 1 atom stereocenters. The van der Waals surface area contributed by atoms with E-state index in [1.807, 2.05) is 6.07 Å². The predicted octanol–water partition coefficient (Wildman–Crippen LogP) is 4.77. The zero-order chi connectivity index (χ0) is 23.5. The van der Waals surface area contributed by atoms with Crippen LogP contribution in [0.3, 0.4) is 0 Å². The molecule has 0 aromatic heterocycles. The third kappa shape index (κ3) is 6.06. The molecule has 1 aliphatic carbocycles. The minimum absolute atomic E-state index is 0.00996. The number of hydrogen-bond acceptors (Lipinski definition) is 3. The lowest BCUT2D eigenvalue weighted by Crippen LogP contribution is -2.33. The normalized spacial score (nSPS) is 16.3. The van der Waals surface area contributed by atoms with Crippen LogP contribution < -0.4 is 15.4 Å². The molecule has 0 aliphatic heterocycles. The van der Waals surface area contributed by atoms with Crippen LogP contribution >= 0.6 is 0 Å². The molecule has 2 aromatic rings. The van der Waals surface area contributed by atoms with Crippen molar-refractivity contribution in [1.82, 2.24) is 5.32 Å². The van der Waals surface area contributed by atoms with E-state index < -0.39 is 41.4 Å². The van der Waals surface area contributed by atoms with Gasteiger partial charge in [0.15, 0.2) is 0 Å².